The molecular weight excluding hydrogens is 198 g/mol. The van der Waals surface area contributed by atoms with Gasteiger partial charge in [-0.1, -0.05) is 18.2 Å². The highest BCUT2D eigenvalue weighted by molar-refractivity contribution is 7.80. The maximum Gasteiger partial charge on any atom is 0.305 e. The molecule has 0 heterocycles. The molecule has 1 aromatic carbocycles. The SMILES string of the molecule is CC(N)(CC(=O)O)c1ccccc1S. The van der Waals surface area contributed by atoms with E-state index in [1.54, 1.807) is 19.1 Å². The largest absolute Gasteiger partial charge is 0.481 e. The number of carboxylic acid groups (broad SMARTS) is 1. The molecule has 4 heteroatoms. The van der Waals surface area contributed by atoms with Gasteiger partial charge in [-0.3, -0.25) is 4.79 Å². The molecule has 0 spiro atoms. The number of carbonyl (C=O) groups is 1. The Hall–Kier alpha value is -1.00. The number of hydrogen-bond acceptors (Lipinski definition) is 3. The number of rotatable bonds is 3. The van der Waals surface area contributed by atoms with Gasteiger partial charge in [0.1, 0.15) is 0 Å². The van der Waals surface area contributed by atoms with Crippen LogP contribution in [0.15, 0.2) is 29.2 Å². The first-order valence-corrected chi connectivity index (χ1v) is 4.67. The predicted molar refractivity (Wildman–Crippen MR) is 57.5 cm³/mol. The van der Waals surface area contributed by atoms with E-state index in [9.17, 15) is 4.79 Å². The Morgan fingerprint density at radius 3 is 2.64 bits per heavy atom. The second kappa shape index (κ2) is 4.02. The summed E-state index contributed by atoms with van der Waals surface area (Å²) in [7, 11) is 0. The topological polar surface area (TPSA) is 63.3 Å². The van der Waals surface area contributed by atoms with Gasteiger partial charge < -0.3 is 10.8 Å². The molecule has 76 valence electrons. The van der Waals surface area contributed by atoms with Gasteiger partial charge >= 0.3 is 5.97 Å². The van der Waals surface area contributed by atoms with E-state index in [2.05, 4.69) is 12.6 Å². The predicted octanol–water partition coefficient (Wildman–Crippen LogP) is 1.62. The molecule has 1 aromatic rings. The Bertz CT molecular complexity index is 350. The highest BCUT2D eigenvalue weighted by Gasteiger charge is 2.26. The highest BCUT2D eigenvalue weighted by atomic mass is 32.1. The lowest BCUT2D eigenvalue weighted by atomic mass is 9.90. The number of nitrogens with two attached hydrogens (primary N) is 1. The van der Waals surface area contributed by atoms with Crippen LogP contribution < -0.4 is 5.73 Å². The summed E-state index contributed by atoms with van der Waals surface area (Å²) in [6, 6.07) is 7.25. The zero-order chi connectivity index (χ0) is 10.8. The molecule has 0 aliphatic heterocycles. The Kier molecular flexibility index (Phi) is 3.18. The molecule has 3 N–H and O–H groups in total. The molecule has 0 amide bonds. The van der Waals surface area contributed by atoms with Crippen LogP contribution in [0.2, 0.25) is 0 Å². The van der Waals surface area contributed by atoms with E-state index in [4.69, 9.17) is 10.8 Å². The summed E-state index contributed by atoms with van der Waals surface area (Å²) in [5.74, 6) is -0.911. The fourth-order valence-electron chi connectivity index (χ4n) is 1.37. The minimum atomic E-state index is -0.911. The van der Waals surface area contributed by atoms with Crippen molar-refractivity contribution in [2.45, 2.75) is 23.8 Å². The molecular formula is C10H13NO2S. The summed E-state index contributed by atoms with van der Waals surface area (Å²) < 4.78 is 0. The summed E-state index contributed by atoms with van der Waals surface area (Å²) in [6.45, 7) is 1.69. The van der Waals surface area contributed by atoms with Crippen LogP contribution in [0.1, 0.15) is 18.9 Å². The van der Waals surface area contributed by atoms with Crippen molar-refractivity contribution < 1.29 is 9.90 Å². The molecule has 0 radical (unpaired) electrons. The average molecular weight is 211 g/mol. The number of carboxylic acids is 1. The summed E-state index contributed by atoms with van der Waals surface area (Å²) in [6.07, 6.45) is -0.107. The Morgan fingerprint density at radius 1 is 1.57 bits per heavy atom. The van der Waals surface area contributed by atoms with E-state index in [1.165, 1.54) is 0 Å². The van der Waals surface area contributed by atoms with Crippen LogP contribution in [0, 0.1) is 0 Å². The van der Waals surface area contributed by atoms with Gasteiger partial charge in [0.25, 0.3) is 0 Å². The molecule has 1 atom stereocenters. The van der Waals surface area contributed by atoms with Crippen molar-refractivity contribution in [2.75, 3.05) is 0 Å². The molecule has 0 saturated heterocycles. The molecule has 0 bridgehead atoms. The number of benzene rings is 1. The molecule has 0 aliphatic carbocycles. The summed E-state index contributed by atoms with van der Waals surface area (Å²) in [4.78, 5) is 11.3. The molecule has 1 unspecified atom stereocenters. The maximum atomic E-state index is 10.6. The minimum absolute atomic E-state index is 0.107. The monoisotopic (exact) mass is 211 g/mol. The molecule has 0 saturated carbocycles. The molecule has 0 aromatic heterocycles. The van der Waals surface area contributed by atoms with Crippen molar-refractivity contribution in [1.82, 2.24) is 0 Å². The van der Waals surface area contributed by atoms with Gasteiger partial charge in [0.15, 0.2) is 0 Å². The highest BCUT2D eigenvalue weighted by Crippen LogP contribution is 2.27. The van der Waals surface area contributed by atoms with Crippen LogP contribution >= 0.6 is 12.6 Å². The first kappa shape index (κ1) is 11.1. The van der Waals surface area contributed by atoms with Gasteiger partial charge in [-0.2, -0.15) is 0 Å². The maximum absolute atomic E-state index is 10.6. The number of hydrogen-bond donors (Lipinski definition) is 3. The minimum Gasteiger partial charge on any atom is -0.481 e. The van der Waals surface area contributed by atoms with E-state index in [0.29, 0.717) is 0 Å². The van der Waals surface area contributed by atoms with E-state index < -0.39 is 11.5 Å². The quantitative estimate of drug-likeness (QED) is 0.666. The Morgan fingerprint density at radius 2 is 2.14 bits per heavy atom. The summed E-state index contributed by atoms with van der Waals surface area (Å²) in [5, 5.41) is 8.70. The molecule has 1 rings (SSSR count). The lowest BCUT2D eigenvalue weighted by molar-refractivity contribution is -0.138. The third kappa shape index (κ3) is 2.49. The van der Waals surface area contributed by atoms with Crippen molar-refractivity contribution in [3.63, 3.8) is 0 Å². The normalized spacial score (nSPS) is 14.8. The standard InChI is InChI=1S/C10H13NO2S/c1-10(11,6-9(12)13)7-4-2-3-5-8(7)14/h2-5,14H,6,11H2,1H3,(H,12,13). The summed E-state index contributed by atoms with van der Waals surface area (Å²) >= 11 is 4.24. The first-order valence-electron chi connectivity index (χ1n) is 4.22. The lowest BCUT2D eigenvalue weighted by Crippen LogP contribution is -2.35. The van der Waals surface area contributed by atoms with Crippen LogP contribution in [-0.2, 0) is 10.3 Å². The Balaban J connectivity index is 3.03. The van der Waals surface area contributed by atoms with Gasteiger partial charge in [-0.05, 0) is 18.6 Å². The lowest BCUT2D eigenvalue weighted by Gasteiger charge is -2.24. The smallest absolute Gasteiger partial charge is 0.305 e. The zero-order valence-electron chi connectivity index (χ0n) is 7.90. The van der Waals surface area contributed by atoms with Gasteiger partial charge in [-0.15, -0.1) is 12.6 Å². The van der Waals surface area contributed by atoms with Crippen molar-refractivity contribution in [3.8, 4) is 0 Å². The average Bonchev–Trinajstić information content (AvgIpc) is 2.02. The van der Waals surface area contributed by atoms with Crippen molar-refractivity contribution in [1.29, 1.82) is 0 Å². The molecule has 0 fully saturated rings. The first-order chi connectivity index (χ1) is 6.43. The van der Waals surface area contributed by atoms with Crippen molar-refractivity contribution in [3.05, 3.63) is 29.8 Å². The Labute approximate surface area is 88.3 Å². The van der Waals surface area contributed by atoms with Crippen molar-refractivity contribution in [2.24, 2.45) is 5.73 Å². The second-order valence-electron chi connectivity index (χ2n) is 3.51. The fraction of sp³-hybridized carbons (Fsp3) is 0.300. The molecule has 3 nitrogen and oxygen atoms in total. The van der Waals surface area contributed by atoms with Crippen molar-refractivity contribution >= 4 is 18.6 Å². The third-order valence-electron chi connectivity index (χ3n) is 2.04. The fourth-order valence-corrected chi connectivity index (χ4v) is 1.78. The van der Waals surface area contributed by atoms with Gasteiger partial charge in [-0.25, -0.2) is 0 Å². The number of aliphatic carboxylic acids is 1. The number of thiol groups is 1. The molecule has 14 heavy (non-hydrogen) atoms. The van der Waals surface area contributed by atoms with E-state index >= 15 is 0 Å². The van der Waals surface area contributed by atoms with Crippen LogP contribution in [-0.4, -0.2) is 11.1 Å². The third-order valence-corrected chi connectivity index (χ3v) is 2.43. The summed E-state index contributed by atoms with van der Waals surface area (Å²) in [5.41, 5.74) is 5.79. The van der Waals surface area contributed by atoms with E-state index in [-0.39, 0.29) is 6.42 Å². The van der Waals surface area contributed by atoms with E-state index in [1.807, 2.05) is 12.1 Å². The van der Waals surface area contributed by atoms with Gasteiger partial charge in [0.2, 0.25) is 0 Å². The zero-order valence-corrected chi connectivity index (χ0v) is 8.79. The van der Waals surface area contributed by atoms with Crippen LogP contribution in [0.3, 0.4) is 0 Å². The van der Waals surface area contributed by atoms with Crippen LogP contribution in [0.5, 0.6) is 0 Å². The van der Waals surface area contributed by atoms with Crippen LogP contribution in [0.4, 0.5) is 0 Å². The second-order valence-corrected chi connectivity index (χ2v) is 3.99. The molecule has 0 aliphatic rings. The van der Waals surface area contributed by atoms with Gasteiger partial charge in [0, 0.05) is 10.4 Å². The van der Waals surface area contributed by atoms with E-state index in [0.717, 1.165) is 10.5 Å². The van der Waals surface area contributed by atoms with Crippen LogP contribution in [0.25, 0.3) is 0 Å². The van der Waals surface area contributed by atoms with Gasteiger partial charge in [0.05, 0.1) is 6.42 Å².